The number of carbonyl (C=O) groups is 8. The number of unbranched alkanes of at least 4 members (excludes halogenated alkanes) is 5. The Hall–Kier alpha value is -4.32. The number of aliphatic carboxylic acids is 4. The van der Waals surface area contributed by atoms with E-state index >= 15 is 0 Å². The molecule has 21 heteroatoms. The van der Waals surface area contributed by atoms with E-state index in [0.29, 0.717) is 45.1 Å². The van der Waals surface area contributed by atoms with Crippen LogP contribution in [-0.2, 0) is 42.7 Å². The van der Waals surface area contributed by atoms with E-state index in [4.69, 9.17) is 21.2 Å². The van der Waals surface area contributed by atoms with E-state index in [1.165, 1.54) is 6.07 Å². The van der Waals surface area contributed by atoms with Gasteiger partial charge in [0.15, 0.2) is 5.78 Å². The molecule has 0 bridgehead atoms. The minimum atomic E-state index is -4.47. The highest BCUT2D eigenvalue weighted by molar-refractivity contribution is 7.52. The Morgan fingerprint density at radius 1 is 0.754 bits per heavy atom. The Kier molecular flexibility index (Phi) is 24.3. The molecule has 1 rings (SSSR count). The van der Waals surface area contributed by atoms with Crippen LogP contribution in [0.1, 0.15) is 120 Å². The third kappa shape index (κ3) is 23.5. The first kappa shape index (κ1) is 50.7. The van der Waals surface area contributed by atoms with Crippen LogP contribution >= 0.6 is 19.2 Å². The van der Waals surface area contributed by atoms with Crippen LogP contribution in [-0.4, -0.2) is 103 Å². The second-order valence-electron chi connectivity index (χ2n) is 13.5. The summed E-state index contributed by atoms with van der Waals surface area (Å²) in [5.74, 6) is -10.4. The van der Waals surface area contributed by atoms with E-state index in [0.717, 1.165) is 19.0 Å². The molecule has 0 aliphatic carbocycles. The Bertz CT molecular complexity index is 1600. The first-order valence-corrected chi connectivity index (χ1v) is 20.7. The monoisotopic (exact) mass is 850 g/mol. The van der Waals surface area contributed by atoms with Gasteiger partial charge in [-0.3, -0.25) is 38.1 Å². The lowest BCUT2D eigenvalue weighted by Crippen LogP contribution is -2.41. The molecule has 7 N–H and O–H groups in total. The number of pyridine rings is 1. The molecule has 320 valence electrons. The van der Waals surface area contributed by atoms with Crippen molar-refractivity contribution in [2.45, 2.75) is 115 Å². The van der Waals surface area contributed by atoms with Crippen molar-refractivity contribution in [3.63, 3.8) is 0 Å². The number of carbonyl (C=O) groups excluding carboxylic acids is 4. The zero-order valence-electron chi connectivity index (χ0n) is 31.5. The predicted molar refractivity (Wildman–Crippen MR) is 200 cm³/mol. The quantitative estimate of drug-likeness (QED) is 0.0219. The summed E-state index contributed by atoms with van der Waals surface area (Å²) in [6.07, 6.45) is 3.03. The molecule has 0 saturated heterocycles. The van der Waals surface area contributed by atoms with E-state index < -0.39 is 93.2 Å². The molecule has 0 aliphatic rings. The molecule has 4 atom stereocenters. The minimum absolute atomic E-state index is 0.0976. The van der Waals surface area contributed by atoms with Crippen LogP contribution in [0.3, 0.4) is 0 Å². The first-order chi connectivity index (χ1) is 26.8. The number of nitrogens with zero attached hydrogens (tertiary/aromatic N) is 1. The summed E-state index contributed by atoms with van der Waals surface area (Å²) in [4.78, 5) is 108. The summed E-state index contributed by atoms with van der Waals surface area (Å²) in [6, 6.07) is -0.213. The van der Waals surface area contributed by atoms with Gasteiger partial charge < -0.3 is 40.5 Å². The van der Waals surface area contributed by atoms with Crippen LogP contribution in [0.25, 0.3) is 0 Å². The number of nitrogens with one attached hydrogen (secondary N) is 2. The van der Waals surface area contributed by atoms with E-state index in [9.17, 15) is 67.5 Å². The molecule has 0 aromatic carbocycles. The SMILES string of the molecule is O=C(O)CC[C@H](CP(=O)(O)OCCC[C@H](NC(=O)CC[C@H](CC(=O)CCCCCNC(=O)CCCCCCC(=O)c1cnc([18F])c(Cl)c1)C(=O)O)C(=O)O)C(=O)O. The van der Waals surface area contributed by atoms with Gasteiger partial charge >= 0.3 is 31.5 Å². The minimum Gasteiger partial charge on any atom is -0.481 e. The maximum atomic E-state index is 13.2. The summed E-state index contributed by atoms with van der Waals surface area (Å²) >= 11 is 5.66. The molecule has 1 aromatic rings. The Morgan fingerprint density at radius 3 is 1.98 bits per heavy atom. The summed E-state index contributed by atoms with van der Waals surface area (Å²) in [5.41, 5.74) is 0.246. The maximum Gasteiger partial charge on any atom is 0.328 e. The topological polar surface area (TPSA) is 301 Å². The fourth-order valence-electron chi connectivity index (χ4n) is 5.52. The zero-order chi connectivity index (χ0) is 43.0. The van der Waals surface area contributed by atoms with Crippen molar-refractivity contribution < 1.29 is 77.2 Å². The molecule has 1 aromatic heterocycles. The number of Topliss-reactive ketones (excluding diaryl/α,β-unsaturated/α-hetero) is 2. The number of halogens is 2. The maximum absolute atomic E-state index is 13.2. The number of aromatic nitrogens is 1. The molecule has 1 heterocycles. The highest BCUT2D eigenvalue weighted by Crippen LogP contribution is 2.44. The molecule has 0 saturated carbocycles. The van der Waals surface area contributed by atoms with Gasteiger partial charge in [-0.25, -0.2) is 9.78 Å². The lowest BCUT2D eigenvalue weighted by atomic mass is 9.94. The molecular weight excluding hydrogens is 799 g/mol. The fraction of sp³-hybridized carbons (Fsp3) is 0.639. The summed E-state index contributed by atoms with van der Waals surface area (Å²) < 4.78 is 30.3. The van der Waals surface area contributed by atoms with Crippen LogP contribution in [0.15, 0.2) is 12.3 Å². The van der Waals surface area contributed by atoms with Crippen LogP contribution in [0.5, 0.6) is 0 Å². The molecule has 57 heavy (non-hydrogen) atoms. The van der Waals surface area contributed by atoms with Gasteiger partial charge in [0, 0.05) is 56.8 Å². The van der Waals surface area contributed by atoms with Crippen LogP contribution in [0.2, 0.25) is 5.02 Å². The molecule has 0 spiro atoms. The van der Waals surface area contributed by atoms with Crippen molar-refractivity contribution in [2.75, 3.05) is 19.3 Å². The highest BCUT2D eigenvalue weighted by Gasteiger charge is 2.31. The van der Waals surface area contributed by atoms with Crippen molar-refractivity contribution >= 4 is 66.5 Å². The average molecular weight is 851 g/mol. The summed E-state index contributed by atoms with van der Waals surface area (Å²) in [6.45, 7) is -0.0691. The van der Waals surface area contributed by atoms with Crippen molar-refractivity contribution in [1.82, 2.24) is 15.6 Å². The van der Waals surface area contributed by atoms with Gasteiger partial charge in [-0.1, -0.05) is 30.9 Å². The number of hydrogen-bond acceptors (Lipinski definition) is 11. The van der Waals surface area contributed by atoms with Gasteiger partial charge in [0.1, 0.15) is 11.8 Å². The summed E-state index contributed by atoms with van der Waals surface area (Å²) in [5, 5.41) is 41.8. The molecule has 2 amide bonds. The number of amides is 2. The van der Waals surface area contributed by atoms with Gasteiger partial charge in [0.2, 0.25) is 17.8 Å². The van der Waals surface area contributed by atoms with Gasteiger partial charge in [-0.2, -0.15) is 4.39 Å². The second kappa shape index (κ2) is 27.3. The van der Waals surface area contributed by atoms with E-state index in [-0.39, 0.29) is 66.6 Å². The van der Waals surface area contributed by atoms with Crippen LogP contribution in [0, 0.1) is 17.8 Å². The first-order valence-electron chi connectivity index (χ1n) is 18.6. The van der Waals surface area contributed by atoms with Crippen LogP contribution < -0.4 is 10.6 Å². The lowest BCUT2D eigenvalue weighted by molar-refractivity contribution is -0.145. The Labute approximate surface area is 333 Å². The van der Waals surface area contributed by atoms with E-state index in [1.807, 2.05) is 0 Å². The third-order valence-electron chi connectivity index (χ3n) is 8.74. The normalized spacial score (nSPS) is 13.7. The standard InChI is InChI=1S/C36H52ClFN3O15P/c37-27-20-25(21-40-33(27)38)29(43)11-5-1-2-6-12-30(44)39-17-7-3-4-9-26(42)19-23(34(48)49)13-15-31(45)41-28(36(52)53)10-8-18-56-57(54,55)22-24(35(50)51)14-16-32(46)47/h20-21,23-24,28H,1-19,22H2,(H,39,44)(H,41,45)(H,46,47)(H,48,49)(H,50,51)(H,52,53)(H,54,55)/t23-,24-,28+/m1/s1/i38-1. The smallest absolute Gasteiger partial charge is 0.328 e. The fourth-order valence-corrected chi connectivity index (χ4v) is 7.10. The van der Waals surface area contributed by atoms with Crippen molar-refractivity contribution in [1.29, 1.82) is 0 Å². The number of rotatable bonds is 33. The van der Waals surface area contributed by atoms with Gasteiger partial charge in [-0.15, -0.1) is 0 Å². The lowest BCUT2D eigenvalue weighted by Gasteiger charge is -2.18. The largest absolute Gasteiger partial charge is 0.481 e. The third-order valence-corrected chi connectivity index (χ3v) is 10.5. The van der Waals surface area contributed by atoms with Gasteiger partial charge in [-0.05, 0) is 57.4 Å². The molecule has 1 unspecified atom stereocenters. The van der Waals surface area contributed by atoms with Gasteiger partial charge in [0.25, 0.3) is 0 Å². The molecule has 18 nitrogen and oxygen atoms in total. The van der Waals surface area contributed by atoms with Crippen LogP contribution in [0.4, 0.5) is 4.39 Å². The molecular formula is C36H52ClFN3O15P. The van der Waals surface area contributed by atoms with E-state index in [1.54, 1.807) is 0 Å². The highest BCUT2D eigenvalue weighted by atomic mass is 35.5. The second-order valence-corrected chi connectivity index (χ2v) is 15.8. The number of hydrogen-bond donors (Lipinski definition) is 7. The van der Waals surface area contributed by atoms with E-state index in [2.05, 4.69) is 15.6 Å². The van der Waals surface area contributed by atoms with Crippen molar-refractivity contribution in [3.05, 3.63) is 28.8 Å². The zero-order valence-corrected chi connectivity index (χ0v) is 33.1. The molecule has 0 radical (unpaired) electrons. The average Bonchev–Trinajstić information content (AvgIpc) is 3.13. The van der Waals surface area contributed by atoms with Gasteiger partial charge in [0.05, 0.1) is 29.6 Å². The molecule has 0 fully saturated rings. The van der Waals surface area contributed by atoms with Crippen molar-refractivity contribution in [3.8, 4) is 0 Å². The number of ketones is 2. The Balaban J connectivity index is 2.27. The number of carboxylic acid groups (broad SMARTS) is 4. The molecule has 0 aliphatic heterocycles. The number of carboxylic acids is 4. The Morgan fingerprint density at radius 2 is 1.37 bits per heavy atom. The predicted octanol–water partition coefficient (Wildman–Crippen LogP) is 4.63. The van der Waals surface area contributed by atoms with Crippen molar-refractivity contribution in [2.24, 2.45) is 11.8 Å². The summed E-state index contributed by atoms with van der Waals surface area (Å²) in [7, 11) is -4.47.